The smallest absolute Gasteiger partial charge is 0.313 e. The van der Waals surface area contributed by atoms with Gasteiger partial charge in [-0.2, -0.15) is 11.8 Å². The fourth-order valence-electron chi connectivity index (χ4n) is 2.82. The summed E-state index contributed by atoms with van der Waals surface area (Å²) in [7, 11) is 2.13. The maximum atomic E-state index is 12.0. The second kappa shape index (κ2) is 11.2. The number of carbonyl (C=O) groups is 2. The van der Waals surface area contributed by atoms with E-state index in [1.807, 2.05) is 24.3 Å². The van der Waals surface area contributed by atoms with E-state index in [9.17, 15) is 9.59 Å². The second-order valence-corrected chi connectivity index (χ2v) is 7.63. The SMILES string of the molecule is CSCCc1ccc(NC(=O)C(=O)NCCCN2CCN(C)CC2)cc1. The van der Waals surface area contributed by atoms with Gasteiger partial charge in [0.15, 0.2) is 0 Å². The average Bonchev–Trinajstić information content (AvgIpc) is 2.66. The highest BCUT2D eigenvalue weighted by Gasteiger charge is 2.15. The van der Waals surface area contributed by atoms with E-state index in [4.69, 9.17) is 0 Å². The molecule has 0 aromatic heterocycles. The Labute approximate surface area is 160 Å². The van der Waals surface area contributed by atoms with E-state index in [1.54, 1.807) is 11.8 Å². The fraction of sp³-hybridized carbons (Fsp3) is 0.579. The average molecular weight is 379 g/mol. The van der Waals surface area contributed by atoms with E-state index < -0.39 is 11.8 Å². The first-order chi connectivity index (χ1) is 12.6. The standard InChI is InChI=1S/C19H30N4O2S/c1-22-11-13-23(14-12-22)10-3-9-20-18(24)19(25)21-17-6-4-16(5-7-17)8-15-26-2/h4-7H,3,8-15H2,1-2H3,(H,20,24)(H,21,25). The normalized spacial score (nSPS) is 15.6. The first-order valence-electron chi connectivity index (χ1n) is 9.16. The minimum Gasteiger partial charge on any atom is -0.348 e. The lowest BCUT2D eigenvalue weighted by Gasteiger charge is -2.32. The Balaban J connectivity index is 1.63. The van der Waals surface area contributed by atoms with Gasteiger partial charge in [0.1, 0.15) is 0 Å². The van der Waals surface area contributed by atoms with Gasteiger partial charge in [-0.1, -0.05) is 12.1 Å². The molecule has 1 aliphatic rings. The number of nitrogens with zero attached hydrogens (tertiary/aromatic N) is 2. The number of thioether (sulfide) groups is 1. The van der Waals surface area contributed by atoms with Crippen molar-refractivity contribution < 1.29 is 9.59 Å². The first-order valence-corrected chi connectivity index (χ1v) is 10.6. The molecular formula is C19H30N4O2S. The Morgan fingerprint density at radius 2 is 1.77 bits per heavy atom. The quantitative estimate of drug-likeness (QED) is 0.527. The third-order valence-electron chi connectivity index (χ3n) is 4.55. The maximum absolute atomic E-state index is 12.0. The monoisotopic (exact) mass is 378 g/mol. The topological polar surface area (TPSA) is 64.7 Å². The van der Waals surface area contributed by atoms with Crippen LogP contribution in [0.1, 0.15) is 12.0 Å². The molecule has 1 aromatic rings. The molecule has 144 valence electrons. The summed E-state index contributed by atoms with van der Waals surface area (Å²) < 4.78 is 0. The Kier molecular flexibility index (Phi) is 8.94. The van der Waals surface area contributed by atoms with E-state index in [1.165, 1.54) is 5.56 Å². The van der Waals surface area contributed by atoms with Crippen LogP contribution in [0.25, 0.3) is 0 Å². The van der Waals surface area contributed by atoms with E-state index in [2.05, 4.69) is 33.7 Å². The lowest BCUT2D eigenvalue weighted by Crippen LogP contribution is -2.45. The summed E-state index contributed by atoms with van der Waals surface area (Å²) in [6.45, 7) is 5.78. The van der Waals surface area contributed by atoms with Gasteiger partial charge < -0.3 is 20.4 Å². The first kappa shape index (κ1) is 20.7. The van der Waals surface area contributed by atoms with E-state index >= 15 is 0 Å². The zero-order valence-electron chi connectivity index (χ0n) is 15.8. The van der Waals surface area contributed by atoms with Crippen LogP contribution in [0.5, 0.6) is 0 Å². The Morgan fingerprint density at radius 3 is 2.42 bits per heavy atom. The Morgan fingerprint density at radius 1 is 1.08 bits per heavy atom. The molecule has 0 aliphatic carbocycles. The molecule has 2 N–H and O–H groups in total. The van der Waals surface area contributed by atoms with Crippen LogP contribution in [-0.4, -0.2) is 79.9 Å². The number of piperazine rings is 1. The maximum Gasteiger partial charge on any atom is 0.313 e. The van der Waals surface area contributed by atoms with Crippen LogP contribution in [-0.2, 0) is 16.0 Å². The van der Waals surface area contributed by atoms with Crippen LogP contribution < -0.4 is 10.6 Å². The third kappa shape index (κ3) is 7.35. The van der Waals surface area contributed by atoms with Crippen molar-refractivity contribution >= 4 is 29.3 Å². The van der Waals surface area contributed by atoms with Crippen molar-refractivity contribution in [1.29, 1.82) is 0 Å². The summed E-state index contributed by atoms with van der Waals surface area (Å²) in [5, 5.41) is 5.35. The molecule has 0 radical (unpaired) electrons. The number of anilines is 1. The molecular weight excluding hydrogens is 348 g/mol. The van der Waals surface area contributed by atoms with Gasteiger partial charge in [-0.05, 0) is 56.1 Å². The summed E-state index contributed by atoms with van der Waals surface area (Å²) in [4.78, 5) is 28.6. The van der Waals surface area contributed by atoms with Crippen molar-refractivity contribution in [1.82, 2.24) is 15.1 Å². The molecule has 1 saturated heterocycles. The molecule has 1 aromatic carbocycles. The highest BCUT2D eigenvalue weighted by Crippen LogP contribution is 2.11. The summed E-state index contributed by atoms with van der Waals surface area (Å²) in [5.41, 5.74) is 1.88. The molecule has 1 aliphatic heterocycles. The van der Waals surface area contributed by atoms with Crippen molar-refractivity contribution in [3.63, 3.8) is 0 Å². The van der Waals surface area contributed by atoms with Crippen LogP contribution >= 0.6 is 11.8 Å². The van der Waals surface area contributed by atoms with Crippen molar-refractivity contribution in [2.24, 2.45) is 0 Å². The number of hydrogen-bond donors (Lipinski definition) is 2. The minimum atomic E-state index is -0.610. The molecule has 0 unspecified atom stereocenters. The number of hydrogen-bond acceptors (Lipinski definition) is 5. The van der Waals surface area contributed by atoms with Gasteiger partial charge in [-0.15, -0.1) is 0 Å². The van der Waals surface area contributed by atoms with Gasteiger partial charge in [-0.3, -0.25) is 9.59 Å². The highest BCUT2D eigenvalue weighted by atomic mass is 32.2. The highest BCUT2D eigenvalue weighted by molar-refractivity contribution is 7.98. The van der Waals surface area contributed by atoms with Gasteiger partial charge in [0.2, 0.25) is 0 Å². The Hall–Kier alpha value is -1.57. The van der Waals surface area contributed by atoms with E-state index in [0.717, 1.165) is 51.3 Å². The van der Waals surface area contributed by atoms with Gasteiger partial charge in [0.05, 0.1) is 0 Å². The van der Waals surface area contributed by atoms with Crippen LogP contribution in [0.2, 0.25) is 0 Å². The van der Waals surface area contributed by atoms with Crippen LogP contribution in [0.3, 0.4) is 0 Å². The van der Waals surface area contributed by atoms with Crippen LogP contribution in [0.4, 0.5) is 5.69 Å². The van der Waals surface area contributed by atoms with Crippen molar-refractivity contribution in [2.45, 2.75) is 12.8 Å². The lowest BCUT2D eigenvalue weighted by molar-refractivity contribution is -0.136. The van der Waals surface area contributed by atoms with E-state index in [0.29, 0.717) is 12.2 Å². The van der Waals surface area contributed by atoms with Gasteiger partial charge in [0, 0.05) is 38.4 Å². The number of carbonyl (C=O) groups excluding carboxylic acids is 2. The van der Waals surface area contributed by atoms with Crippen molar-refractivity contribution in [3.8, 4) is 0 Å². The Bertz CT molecular complexity index is 571. The third-order valence-corrected chi connectivity index (χ3v) is 5.16. The van der Waals surface area contributed by atoms with Gasteiger partial charge in [0.25, 0.3) is 0 Å². The summed E-state index contributed by atoms with van der Waals surface area (Å²) >= 11 is 1.81. The van der Waals surface area contributed by atoms with Crippen molar-refractivity contribution in [3.05, 3.63) is 29.8 Å². The molecule has 0 bridgehead atoms. The molecule has 7 heteroatoms. The molecule has 2 rings (SSSR count). The zero-order valence-corrected chi connectivity index (χ0v) is 16.6. The molecule has 0 saturated carbocycles. The molecule has 1 heterocycles. The summed E-state index contributed by atoms with van der Waals surface area (Å²) in [5.74, 6) is -0.112. The minimum absolute atomic E-state index is 0.520. The molecule has 0 spiro atoms. The van der Waals surface area contributed by atoms with Crippen LogP contribution in [0.15, 0.2) is 24.3 Å². The molecule has 1 fully saturated rings. The van der Waals surface area contributed by atoms with Gasteiger partial charge in [-0.25, -0.2) is 0 Å². The number of aryl methyl sites for hydroxylation is 1. The number of rotatable bonds is 8. The summed E-state index contributed by atoms with van der Waals surface area (Å²) in [6, 6.07) is 7.65. The number of benzene rings is 1. The zero-order chi connectivity index (χ0) is 18.8. The van der Waals surface area contributed by atoms with Crippen molar-refractivity contribution in [2.75, 3.05) is 63.6 Å². The number of amides is 2. The molecule has 2 amide bonds. The second-order valence-electron chi connectivity index (χ2n) is 6.65. The number of likely N-dealkylation sites (N-methyl/N-ethyl adjacent to an activating group) is 1. The molecule has 6 nitrogen and oxygen atoms in total. The summed E-state index contributed by atoms with van der Waals surface area (Å²) in [6.07, 6.45) is 3.94. The number of nitrogens with one attached hydrogen (secondary N) is 2. The van der Waals surface area contributed by atoms with Crippen LogP contribution in [0, 0.1) is 0 Å². The lowest BCUT2D eigenvalue weighted by atomic mass is 10.1. The fourth-order valence-corrected chi connectivity index (χ4v) is 3.26. The largest absolute Gasteiger partial charge is 0.348 e. The predicted molar refractivity (Wildman–Crippen MR) is 109 cm³/mol. The molecule has 0 atom stereocenters. The predicted octanol–water partition coefficient (Wildman–Crippen LogP) is 1.28. The molecule has 26 heavy (non-hydrogen) atoms. The van der Waals surface area contributed by atoms with E-state index in [-0.39, 0.29) is 0 Å². The van der Waals surface area contributed by atoms with Gasteiger partial charge >= 0.3 is 11.8 Å².